The third kappa shape index (κ3) is 2.05. The van der Waals surface area contributed by atoms with Gasteiger partial charge >= 0.3 is 0 Å². The van der Waals surface area contributed by atoms with Crippen LogP contribution in [0.2, 0.25) is 0 Å². The van der Waals surface area contributed by atoms with Gasteiger partial charge in [0.05, 0.1) is 5.54 Å². The Kier molecular flexibility index (Phi) is 3.63. The highest BCUT2D eigenvalue weighted by molar-refractivity contribution is 5.35. The number of aromatic hydroxyl groups is 1. The van der Waals surface area contributed by atoms with Crippen LogP contribution in [-0.2, 0) is 5.60 Å². The summed E-state index contributed by atoms with van der Waals surface area (Å²) in [5.41, 5.74) is -0.442. The molecule has 1 saturated carbocycles. The third-order valence-electron chi connectivity index (χ3n) is 5.11. The van der Waals surface area contributed by atoms with Crippen molar-refractivity contribution in [1.29, 1.82) is 0 Å². The molecular formula is C16H25NO2. The molecule has 3 heteroatoms. The fraction of sp³-hybridized carbons (Fsp3) is 0.625. The largest absolute Gasteiger partial charge is 0.508 e. The number of hydrogen-bond donors (Lipinski definition) is 2. The van der Waals surface area contributed by atoms with E-state index in [9.17, 15) is 10.2 Å². The minimum absolute atomic E-state index is 0.162. The second-order valence-corrected chi connectivity index (χ2v) is 6.28. The molecule has 2 unspecified atom stereocenters. The molecule has 1 fully saturated rings. The van der Waals surface area contributed by atoms with Crippen LogP contribution < -0.4 is 0 Å². The molecule has 3 nitrogen and oxygen atoms in total. The van der Waals surface area contributed by atoms with Crippen LogP contribution in [0.15, 0.2) is 24.3 Å². The van der Waals surface area contributed by atoms with Gasteiger partial charge in [-0.15, -0.1) is 0 Å². The fourth-order valence-corrected chi connectivity index (χ4v) is 3.59. The van der Waals surface area contributed by atoms with Crippen molar-refractivity contribution in [3.05, 3.63) is 29.8 Å². The Morgan fingerprint density at radius 3 is 2.58 bits per heavy atom. The van der Waals surface area contributed by atoms with Crippen molar-refractivity contribution in [3.63, 3.8) is 0 Å². The smallest absolute Gasteiger partial charge is 0.115 e. The molecule has 0 heterocycles. The summed E-state index contributed by atoms with van der Waals surface area (Å²) in [7, 11) is 4.04. The quantitative estimate of drug-likeness (QED) is 0.862. The summed E-state index contributed by atoms with van der Waals surface area (Å²) in [5, 5.41) is 21.2. The maximum Gasteiger partial charge on any atom is 0.115 e. The van der Waals surface area contributed by atoms with Crippen molar-refractivity contribution in [2.45, 2.75) is 44.2 Å². The van der Waals surface area contributed by atoms with Gasteiger partial charge in [-0.05, 0) is 57.5 Å². The van der Waals surface area contributed by atoms with Crippen molar-refractivity contribution in [2.75, 3.05) is 14.1 Å². The average Bonchev–Trinajstić information content (AvgIpc) is 2.35. The number of phenolic OH excluding ortho intramolecular Hbond substituents is 1. The van der Waals surface area contributed by atoms with E-state index < -0.39 is 5.60 Å². The molecule has 0 aliphatic heterocycles. The third-order valence-corrected chi connectivity index (χ3v) is 5.11. The van der Waals surface area contributed by atoms with Crippen LogP contribution in [0.1, 0.15) is 38.7 Å². The van der Waals surface area contributed by atoms with Crippen LogP contribution in [-0.4, -0.2) is 34.7 Å². The Bertz CT molecular complexity index is 460. The molecule has 19 heavy (non-hydrogen) atoms. The van der Waals surface area contributed by atoms with E-state index in [1.165, 1.54) is 0 Å². The van der Waals surface area contributed by atoms with Gasteiger partial charge in [-0.2, -0.15) is 0 Å². The predicted octanol–water partition coefficient (Wildman–Crippen LogP) is 2.72. The number of aliphatic hydroxyl groups is 1. The molecule has 2 N–H and O–H groups in total. The molecule has 1 aliphatic rings. The Morgan fingerprint density at radius 1 is 1.32 bits per heavy atom. The lowest BCUT2D eigenvalue weighted by atomic mass is 9.61. The molecule has 0 spiro atoms. The van der Waals surface area contributed by atoms with E-state index >= 15 is 0 Å². The summed E-state index contributed by atoms with van der Waals surface area (Å²) < 4.78 is 0. The maximum atomic E-state index is 11.5. The fourth-order valence-electron chi connectivity index (χ4n) is 3.59. The van der Waals surface area contributed by atoms with E-state index in [0.717, 1.165) is 24.8 Å². The van der Waals surface area contributed by atoms with Crippen LogP contribution in [0.3, 0.4) is 0 Å². The molecular weight excluding hydrogens is 238 g/mol. The van der Waals surface area contributed by atoms with Crippen molar-refractivity contribution < 1.29 is 10.2 Å². The summed E-state index contributed by atoms with van der Waals surface area (Å²) in [5.74, 6) is 0.375. The minimum Gasteiger partial charge on any atom is -0.508 e. The van der Waals surface area contributed by atoms with Gasteiger partial charge in [0, 0.05) is 0 Å². The normalized spacial score (nSPS) is 35.6. The lowest BCUT2D eigenvalue weighted by Crippen LogP contribution is -2.63. The Balaban J connectivity index is 2.57. The van der Waals surface area contributed by atoms with Gasteiger partial charge < -0.3 is 15.1 Å². The zero-order chi connectivity index (χ0) is 14.3. The highest BCUT2D eigenvalue weighted by Crippen LogP contribution is 2.50. The lowest BCUT2D eigenvalue weighted by Gasteiger charge is -2.55. The van der Waals surface area contributed by atoms with Gasteiger partial charge in [0.1, 0.15) is 11.4 Å². The van der Waals surface area contributed by atoms with Crippen LogP contribution >= 0.6 is 0 Å². The zero-order valence-corrected chi connectivity index (χ0v) is 12.3. The second-order valence-electron chi connectivity index (χ2n) is 6.28. The van der Waals surface area contributed by atoms with E-state index in [1.54, 1.807) is 18.2 Å². The molecule has 106 valence electrons. The van der Waals surface area contributed by atoms with Crippen molar-refractivity contribution in [1.82, 2.24) is 4.90 Å². The van der Waals surface area contributed by atoms with Crippen LogP contribution in [0.25, 0.3) is 0 Å². The van der Waals surface area contributed by atoms with Crippen molar-refractivity contribution in [3.8, 4) is 5.75 Å². The highest BCUT2D eigenvalue weighted by atomic mass is 16.3. The van der Waals surface area contributed by atoms with E-state index in [0.29, 0.717) is 0 Å². The summed E-state index contributed by atoms with van der Waals surface area (Å²) in [4.78, 5) is 2.12. The highest BCUT2D eigenvalue weighted by Gasteiger charge is 2.54. The van der Waals surface area contributed by atoms with Gasteiger partial charge in [0.25, 0.3) is 0 Å². The monoisotopic (exact) mass is 263 g/mol. The molecule has 0 radical (unpaired) electrons. The van der Waals surface area contributed by atoms with Crippen LogP contribution in [0, 0.1) is 5.92 Å². The molecule has 1 aromatic rings. The molecule has 2 rings (SSSR count). The van der Waals surface area contributed by atoms with Gasteiger partial charge in [-0.25, -0.2) is 0 Å². The lowest BCUT2D eigenvalue weighted by molar-refractivity contribution is -0.155. The van der Waals surface area contributed by atoms with Gasteiger partial charge in [0.2, 0.25) is 0 Å². The number of hydrogen-bond acceptors (Lipinski definition) is 3. The second kappa shape index (κ2) is 4.80. The van der Waals surface area contributed by atoms with Crippen LogP contribution in [0.5, 0.6) is 5.75 Å². The number of benzene rings is 1. The molecule has 1 aliphatic carbocycles. The van der Waals surface area contributed by atoms with Gasteiger partial charge in [0.15, 0.2) is 0 Å². The minimum atomic E-state index is -0.937. The summed E-state index contributed by atoms with van der Waals surface area (Å²) in [6, 6.07) is 7.07. The molecule has 0 aromatic heterocycles. The molecule has 0 bridgehead atoms. The van der Waals surface area contributed by atoms with Gasteiger partial charge in [-0.3, -0.25) is 0 Å². The molecule has 3 atom stereocenters. The number of phenols is 1. The molecule has 1 aromatic carbocycles. The van der Waals surface area contributed by atoms with E-state index in [4.69, 9.17) is 0 Å². The first-order chi connectivity index (χ1) is 8.82. The van der Waals surface area contributed by atoms with E-state index in [-0.39, 0.29) is 17.2 Å². The number of rotatable bonds is 2. The van der Waals surface area contributed by atoms with Crippen molar-refractivity contribution >= 4 is 0 Å². The van der Waals surface area contributed by atoms with Crippen molar-refractivity contribution in [2.24, 2.45) is 5.92 Å². The van der Waals surface area contributed by atoms with E-state index in [2.05, 4.69) is 18.7 Å². The Labute approximate surface area is 115 Å². The first-order valence-electron chi connectivity index (χ1n) is 7.01. The van der Waals surface area contributed by atoms with Crippen LogP contribution in [0.4, 0.5) is 0 Å². The zero-order valence-electron chi connectivity index (χ0n) is 12.3. The predicted molar refractivity (Wildman–Crippen MR) is 77.1 cm³/mol. The van der Waals surface area contributed by atoms with Gasteiger partial charge in [-0.1, -0.05) is 25.5 Å². The topological polar surface area (TPSA) is 43.7 Å². The number of nitrogens with zero attached hydrogens (tertiary/aromatic N) is 1. The molecule has 0 amide bonds. The maximum absolute atomic E-state index is 11.5. The average molecular weight is 263 g/mol. The SMILES string of the molecule is CC1CCC[C@](C)(N(C)C)C1(O)c1cccc(O)c1. The number of likely N-dealkylation sites (N-methyl/N-ethyl adjacent to an activating group) is 1. The summed E-state index contributed by atoms with van der Waals surface area (Å²) >= 11 is 0. The Hall–Kier alpha value is -1.06. The standard InChI is InChI=1S/C16H25NO2/c1-12-7-6-10-15(2,17(3)4)16(12,19)13-8-5-9-14(18)11-13/h5,8-9,11-12,18-19H,6-7,10H2,1-4H3/t12?,15-,16?/m0/s1. The summed E-state index contributed by atoms with van der Waals surface area (Å²) in [6.45, 7) is 4.22. The summed E-state index contributed by atoms with van der Waals surface area (Å²) in [6.07, 6.45) is 3.09. The molecule has 0 saturated heterocycles. The van der Waals surface area contributed by atoms with E-state index in [1.807, 2.05) is 20.2 Å². The first kappa shape index (κ1) is 14.4. The Morgan fingerprint density at radius 2 is 2.00 bits per heavy atom. The first-order valence-corrected chi connectivity index (χ1v) is 7.01.